The van der Waals surface area contributed by atoms with Crippen molar-refractivity contribution < 1.29 is 37.0 Å². The molecule has 3 atom stereocenters. The molecule has 12 heteroatoms. The van der Waals surface area contributed by atoms with Crippen LogP contribution in [0.3, 0.4) is 0 Å². The molecule has 1 aromatic carbocycles. The van der Waals surface area contributed by atoms with Crippen molar-refractivity contribution in [2.75, 3.05) is 0 Å². The molecule has 1 aromatic heterocycles. The number of amides is 1. The first-order valence-electron chi connectivity index (χ1n) is 11.6. The molecule has 188 valence electrons. The summed E-state index contributed by atoms with van der Waals surface area (Å²) in [6.07, 6.45) is -4.44. The Labute approximate surface area is 203 Å². The lowest BCUT2D eigenvalue weighted by Gasteiger charge is -2.35. The second-order valence-electron chi connectivity index (χ2n) is 10.1. The Morgan fingerprint density at radius 3 is 2.71 bits per heavy atom. The van der Waals surface area contributed by atoms with Gasteiger partial charge >= 0.3 is 6.36 Å². The Morgan fingerprint density at radius 1 is 1.20 bits per heavy atom. The van der Waals surface area contributed by atoms with Gasteiger partial charge in [-0.25, -0.2) is 0 Å². The van der Waals surface area contributed by atoms with E-state index < -0.39 is 24.7 Å². The van der Waals surface area contributed by atoms with Crippen molar-refractivity contribution in [3.05, 3.63) is 40.6 Å². The van der Waals surface area contributed by atoms with Crippen LogP contribution < -0.4 is 10.1 Å². The molecule has 8 nitrogen and oxygen atoms in total. The molecule has 5 aliphatic rings. The minimum atomic E-state index is -4.64. The molecule has 0 spiro atoms. The van der Waals surface area contributed by atoms with Crippen LogP contribution in [-0.2, 0) is 14.9 Å². The minimum Gasteiger partial charge on any atom is -0.480 e. The van der Waals surface area contributed by atoms with Gasteiger partial charge in [-0.05, 0) is 56.2 Å². The third kappa shape index (κ3) is 4.17. The summed E-state index contributed by atoms with van der Waals surface area (Å²) in [5.41, 5.74) is 0.244. The van der Waals surface area contributed by atoms with E-state index in [-0.39, 0.29) is 48.5 Å². The van der Waals surface area contributed by atoms with Crippen LogP contribution in [0.4, 0.5) is 13.2 Å². The fraction of sp³-hybridized carbons (Fsp3) is 0.609. The number of halogens is 4. The highest BCUT2D eigenvalue weighted by Gasteiger charge is 2.60. The van der Waals surface area contributed by atoms with Crippen LogP contribution in [0.15, 0.2) is 22.6 Å². The number of carbonyl (C=O) groups excluding carboxylic acids is 1. The first kappa shape index (κ1) is 23.1. The highest BCUT2D eigenvalue weighted by Crippen LogP contribution is 2.59. The number of hydrogen-bond donors (Lipinski definition) is 2. The minimum absolute atomic E-state index is 0.0847. The van der Waals surface area contributed by atoms with Gasteiger partial charge in [0.2, 0.25) is 11.8 Å². The van der Waals surface area contributed by atoms with E-state index in [1.165, 1.54) is 0 Å². The topological polar surface area (TPSA) is 107 Å². The number of nitrogens with zero attached hydrogens (tertiary/aromatic N) is 2. The van der Waals surface area contributed by atoms with Gasteiger partial charge < -0.3 is 19.6 Å². The number of hydrogen-bond acceptors (Lipinski definition) is 7. The Hall–Kier alpha value is -2.37. The molecule has 35 heavy (non-hydrogen) atoms. The molecule has 7 rings (SSSR count). The number of aliphatic hydroxyl groups excluding tert-OH is 1. The number of nitrogens with one attached hydrogen (secondary N) is 1. The molecular formula is C23H23ClF3N3O5. The standard InChI is InChI=1S/C23H23ClF3N3O5/c24-12-1-2-17-14(5-12)16(31)6-18(33-17)19(32)28-15-9-22(7-11(15)8-22)21-30-29-20(34-21)10-3-13(4-10)35-23(25,26)27/h1-2,5,10-11,13,15-16,18,31H,3-4,6-9H2,(H,28,32)/t10-,11?,13+,15?,16-,18-,22?/m1/s1. The average molecular weight is 514 g/mol. The normalized spacial score (nSPS) is 35.5. The third-order valence-electron chi connectivity index (χ3n) is 7.78. The van der Waals surface area contributed by atoms with Crippen molar-refractivity contribution in [1.82, 2.24) is 15.5 Å². The molecule has 0 radical (unpaired) electrons. The molecule has 2 bridgehead atoms. The van der Waals surface area contributed by atoms with Gasteiger partial charge in [0.15, 0.2) is 6.10 Å². The predicted molar refractivity (Wildman–Crippen MR) is 114 cm³/mol. The zero-order valence-corrected chi connectivity index (χ0v) is 19.2. The number of fused-ring (bicyclic) bond motifs is 2. The number of ether oxygens (including phenoxy) is 2. The van der Waals surface area contributed by atoms with Crippen molar-refractivity contribution in [1.29, 1.82) is 0 Å². The summed E-state index contributed by atoms with van der Waals surface area (Å²) in [5.74, 6) is 1.01. The number of alkyl halides is 3. The average Bonchev–Trinajstić information content (AvgIpc) is 3.43. The van der Waals surface area contributed by atoms with E-state index in [1.807, 2.05) is 0 Å². The SMILES string of the molecule is O=C(NC1CC2(c3nnc([C@H]4C[C@@H](OC(F)(F)F)C4)o3)CC1C2)[C@H]1C[C@@H](O)c2cc(Cl)ccc2O1. The second-order valence-corrected chi connectivity index (χ2v) is 10.5. The van der Waals surface area contributed by atoms with Gasteiger partial charge in [-0.2, -0.15) is 0 Å². The van der Waals surface area contributed by atoms with Crippen LogP contribution in [0, 0.1) is 5.92 Å². The summed E-state index contributed by atoms with van der Waals surface area (Å²) in [6.45, 7) is 0. The van der Waals surface area contributed by atoms with Crippen molar-refractivity contribution in [2.24, 2.45) is 5.92 Å². The zero-order valence-electron chi connectivity index (χ0n) is 18.4. The van der Waals surface area contributed by atoms with Gasteiger partial charge in [0.05, 0.1) is 17.6 Å². The Morgan fingerprint density at radius 2 is 1.97 bits per heavy atom. The van der Waals surface area contributed by atoms with E-state index >= 15 is 0 Å². The van der Waals surface area contributed by atoms with E-state index in [1.54, 1.807) is 18.2 Å². The van der Waals surface area contributed by atoms with Crippen molar-refractivity contribution in [3.63, 3.8) is 0 Å². The lowest BCUT2D eigenvalue weighted by atomic mass is 9.69. The first-order chi connectivity index (χ1) is 16.6. The van der Waals surface area contributed by atoms with Gasteiger partial charge in [-0.3, -0.25) is 9.53 Å². The van der Waals surface area contributed by atoms with Gasteiger partial charge in [0, 0.05) is 29.0 Å². The van der Waals surface area contributed by atoms with E-state index in [4.69, 9.17) is 20.8 Å². The van der Waals surface area contributed by atoms with Crippen molar-refractivity contribution in [3.8, 4) is 5.75 Å². The summed E-state index contributed by atoms with van der Waals surface area (Å²) in [7, 11) is 0. The first-order valence-corrected chi connectivity index (χ1v) is 12.0. The maximum absolute atomic E-state index is 12.9. The molecule has 1 amide bonds. The van der Waals surface area contributed by atoms with Gasteiger partial charge in [0.25, 0.3) is 5.91 Å². The van der Waals surface area contributed by atoms with Crippen molar-refractivity contribution in [2.45, 2.75) is 80.6 Å². The summed E-state index contributed by atoms with van der Waals surface area (Å²) in [6, 6.07) is 4.85. The van der Waals surface area contributed by atoms with Gasteiger partial charge in [0.1, 0.15) is 5.75 Å². The highest BCUT2D eigenvalue weighted by molar-refractivity contribution is 6.30. The molecule has 1 aliphatic heterocycles. The maximum atomic E-state index is 12.9. The summed E-state index contributed by atoms with van der Waals surface area (Å²) >= 11 is 5.99. The highest BCUT2D eigenvalue weighted by atomic mass is 35.5. The Bertz CT molecular complexity index is 1150. The van der Waals surface area contributed by atoms with Crippen LogP contribution in [0.1, 0.15) is 67.9 Å². The summed E-state index contributed by atoms with van der Waals surface area (Å²) in [4.78, 5) is 12.9. The summed E-state index contributed by atoms with van der Waals surface area (Å²) in [5, 5.41) is 22.3. The molecule has 1 unspecified atom stereocenters. The number of benzene rings is 1. The monoisotopic (exact) mass is 513 g/mol. The summed E-state index contributed by atoms with van der Waals surface area (Å²) < 4.78 is 52.7. The molecule has 2 aromatic rings. The van der Waals surface area contributed by atoms with Crippen LogP contribution in [0.2, 0.25) is 5.02 Å². The zero-order chi connectivity index (χ0) is 24.5. The van der Waals surface area contributed by atoms with E-state index in [0.717, 1.165) is 12.8 Å². The van der Waals surface area contributed by atoms with Crippen molar-refractivity contribution >= 4 is 17.5 Å². The lowest BCUT2D eigenvalue weighted by Crippen LogP contribution is -2.46. The van der Waals surface area contributed by atoms with E-state index in [9.17, 15) is 23.1 Å². The number of aromatic nitrogens is 2. The van der Waals surface area contributed by atoms with Gasteiger partial charge in [-0.15, -0.1) is 23.4 Å². The molecule has 4 fully saturated rings. The fourth-order valence-corrected chi connectivity index (χ4v) is 6.11. The van der Waals surface area contributed by atoms with Crippen LogP contribution >= 0.6 is 11.6 Å². The third-order valence-corrected chi connectivity index (χ3v) is 8.02. The van der Waals surface area contributed by atoms with E-state index in [0.29, 0.717) is 34.5 Å². The number of carbonyl (C=O) groups is 1. The molecule has 0 saturated heterocycles. The molecule has 4 aliphatic carbocycles. The quantitative estimate of drug-likeness (QED) is 0.624. The van der Waals surface area contributed by atoms with Gasteiger partial charge in [-0.1, -0.05) is 11.6 Å². The number of rotatable bonds is 5. The lowest BCUT2D eigenvalue weighted by molar-refractivity contribution is -0.352. The van der Waals surface area contributed by atoms with E-state index in [2.05, 4.69) is 20.3 Å². The second kappa shape index (κ2) is 8.07. The smallest absolute Gasteiger partial charge is 0.480 e. The van der Waals surface area contributed by atoms with Crippen LogP contribution in [0.25, 0.3) is 0 Å². The largest absolute Gasteiger partial charge is 0.522 e. The van der Waals surface area contributed by atoms with Crippen LogP contribution in [-0.4, -0.2) is 45.8 Å². The fourth-order valence-electron chi connectivity index (χ4n) is 5.93. The molecule has 2 N–H and O–H groups in total. The van der Waals surface area contributed by atoms with Crippen LogP contribution in [0.5, 0.6) is 5.75 Å². The molecule has 4 saturated carbocycles. The number of aliphatic hydroxyl groups is 1. The Kier molecular flexibility index (Phi) is 5.32. The maximum Gasteiger partial charge on any atom is 0.522 e. The predicted octanol–water partition coefficient (Wildman–Crippen LogP) is 3.93. The Balaban J connectivity index is 1.05. The molecule has 2 heterocycles. The molecular weight excluding hydrogens is 491 g/mol.